The summed E-state index contributed by atoms with van der Waals surface area (Å²) < 4.78 is 46.1. The van der Waals surface area contributed by atoms with E-state index in [9.17, 15) is 13.2 Å². The number of aromatic nitrogens is 1. The third-order valence-corrected chi connectivity index (χ3v) is 5.14. The normalized spacial score (nSPS) is 12.7. The highest BCUT2D eigenvalue weighted by atomic mass is 32.1. The summed E-state index contributed by atoms with van der Waals surface area (Å²) in [6.07, 6.45) is -1.48. The van der Waals surface area contributed by atoms with Gasteiger partial charge in [0.15, 0.2) is 5.76 Å². The molecule has 0 aliphatic heterocycles. The van der Waals surface area contributed by atoms with Crippen molar-refractivity contribution in [3.8, 4) is 11.5 Å². The van der Waals surface area contributed by atoms with Gasteiger partial charge in [-0.25, -0.2) is 9.67 Å². The summed E-state index contributed by atoms with van der Waals surface area (Å²) in [4.78, 5) is 5.25. The van der Waals surface area contributed by atoms with Crippen LogP contribution in [0.25, 0.3) is 11.5 Å². The first-order chi connectivity index (χ1) is 14.4. The summed E-state index contributed by atoms with van der Waals surface area (Å²) in [6.45, 7) is 1.95. The van der Waals surface area contributed by atoms with Crippen LogP contribution in [0, 0.1) is 6.92 Å². The van der Waals surface area contributed by atoms with E-state index in [-0.39, 0.29) is 0 Å². The number of rotatable bonds is 4. The van der Waals surface area contributed by atoms with Crippen LogP contribution in [0.2, 0.25) is 0 Å². The molecule has 2 aromatic heterocycles. The van der Waals surface area contributed by atoms with E-state index in [1.54, 1.807) is 29.1 Å². The van der Waals surface area contributed by atoms with Crippen molar-refractivity contribution in [1.29, 1.82) is 0 Å². The van der Waals surface area contributed by atoms with Crippen molar-refractivity contribution < 1.29 is 17.6 Å². The van der Waals surface area contributed by atoms with Gasteiger partial charge in [0.2, 0.25) is 4.80 Å². The molecule has 4 rings (SSSR count). The third kappa shape index (κ3) is 4.28. The molecule has 0 bridgehead atoms. The first kappa shape index (κ1) is 19.9. The molecule has 0 atom stereocenters. The molecular formula is C22H16F3N3OS. The molecule has 4 nitrogen and oxygen atoms in total. The molecule has 0 spiro atoms. The van der Waals surface area contributed by atoms with Crippen LogP contribution >= 0.6 is 11.3 Å². The lowest BCUT2D eigenvalue weighted by Crippen LogP contribution is -2.11. The standard InChI is InChI=1S/C22H16F3N3OS/c1-15-6-2-3-9-18(15)27-21-28(19(14-30-21)20-10-5-11-29-20)26-13-16-7-4-8-17(12-16)22(23,24)25/h2-14H,1H3/b26-13-,27-21?. The quantitative estimate of drug-likeness (QED) is 0.355. The van der Waals surface area contributed by atoms with E-state index < -0.39 is 11.7 Å². The van der Waals surface area contributed by atoms with Crippen molar-refractivity contribution in [2.24, 2.45) is 10.1 Å². The first-order valence-corrected chi connectivity index (χ1v) is 9.86. The fourth-order valence-electron chi connectivity index (χ4n) is 2.80. The molecule has 0 fully saturated rings. The molecule has 0 amide bonds. The fraction of sp³-hybridized carbons (Fsp3) is 0.0909. The van der Waals surface area contributed by atoms with Crippen molar-refractivity contribution in [2.75, 3.05) is 0 Å². The van der Waals surface area contributed by atoms with Gasteiger partial charge in [-0.15, -0.1) is 11.3 Å². The fourth-order valence-corrected chi connectivity index (χ4v) is 3.62. The van der Waals surface area contributed by atoms with E-state index in [4.69, 9.17) is 4.42 Å². The van der Waals surface area contributed by atoms with Gasteiger partial charge in [0.1, 0.15) is 5.69 Å². The van der Waals surface area contributed by atoms with Crippen LogP contribution < -0.4 is 4.80 Å². The lowest BCUT2D eigenvalue weighted by molar-refractivity contribution is -0.137. The van der Waals surface area contributed by atoms with Gasteiger partial charge in [-0.05, 0) is 48.4 Å². The molecule has 0 aliphatic rings. The molecule has 0 saturated carbocycles. The number of furan rings is 1. The Labute approximate surface area is 174 Å². The minimum Gasteiger partial charge on any atom is -0.463 e. The summed E-state index contributed by atoms with van der Waals surface area (Å²) in [6, 6.07) is 16.2. The number of aryl methyl sites for hydroxylation is 1. The number of alkyl halides is 3. The average molecular weight is 427 g/mol. The zero-order valence-corrected chi connectivity index (χ0v) is 16.6. The maximum atomic E-state index is 13.0. The van der Waals surface area contributed by atoms with Crippen molar-refractivity contribution in [2.45, 2.75) is 13.1 Å². The molecule has 0 unspecified atom stereocenters. The van der Waals surface area contributed by atoms with Gasteiger partial charge in [0.25, 0.3) is 0 Å². The predicted octanol–water partition coefficient (Wildman–Crippen LogP) is 6.25. The molecule has 0 saturated heterocycles. The molecule has 2 heterocycles. The van der Waals surface area contributed by atoms with Gasteiger partial charge in [-0.1, -0.05) is 30.3 Å². The predicted molar refractivity (Wildman–Crippen MR) is 111 cm³/mol. The molecule has 8 heteroatoms. The number of halogens is 3. The minimum atomic E-state index is -4.41. The maximum absolute atomic E-state index is 13.0. The van der Waals surface area contributed by atoms with Crippen molar-refractivity contribution in [3.05, 3.63) is 93.8 Å². The maximum Gasteiger partial charge on any atom is 0.416 e. The van der Waals surface area contributed by atoms with Crippen LogP contribution in [0.5, 0.6) is 0 Å². The largest absolute Gasteiger partial charge is 0.463 e. The molecule has 152 valence electrons. The van der Waals surface area contributed by atoms with Crippen LogP contribution in [0.1, 0.15) is 16.7 Å². The number of nitrogens with zero attached hydrogens (tertiary/aromatic N) is 3. The molecule has 4 aromatic rings. The van der Waals surface area contributed by atoms with Gasteiger partial charge >= 0.3 is 6.18 Å². The van der Waals surface area contributed by atoms with Gasteiger partial charge in [-0.3, -0.25) is 0 Å². The Hall–Kier alpha value is -3.39. The summed E-state index contributed by atoms with van der Waals surface area (Å²) in [5.74, 6) is 0.582. The van der Waals surface area contributed by atoms with E-state index in [1.807, 2.05) is 36.6 Å². The Balaban J connectivity index is 1.81. The van der Waals surface area contributed by atoms with E-state index >= 15 is 0 Å². The summed E-state index contributed by atoms with van der Waals surface area (Å²) in [5, 5.41) is 6.27. The first-order valence-electron chi connectivity index (χ1n) is 8.98. The second-order valence-electron chi connectivity index (χ2n) is 6.46. The van der Waals surface area contributed by atoms with Gasteiger partial charge in [-0.2, -0.15) is 18.3 Å². The zero-order chi connectivity index (χ0) is 21.1. The lowest BCUT2D eigenvalue weighted by atomic mass is 10.1. The molecule has 2 aromatic carbocycles. The Morgan fingerprint density at radius 3 is 2.60 bits per heavy atom. The van der Waals surface area contributed by atoms with Crippen molar-refractivity contribution >= 4 is 23.2 Å². The number of thiazole rings is 1. The van der Waals surface area contributed by atoms with E-state index in [0.717, 1.165) is 23.4 Å². The van der Waals surface area contributed by atoms with Crippen molar-refractivity contribution in [1.82, 2.24) is 4.68 Å². The van der Waals surface area contributed by atoms with Gasteiger partial charge < -0.3 is 4.42 Å². The summed E-state index contributed by atoms with van der Waals surface area (Å²) >= 11 is 1.36. The number of hydrogen-bond acceptors (Lipinski definition) is 4. The molecule has 0 N–H and O–H groups in total. The Bertz CT molecular complexity index is 1250. The zero-order valence-electron chi connectivity index (χ0n) is 15.8. The monoisotopic (exact) mass is 427 g/mol. The highest BCUT2D eigenvalue weighted by Crippen LogP contribution is 2.29. The van der Waals surface area contributed by atoms with Crippen molar-refractivity contribution in [3.63, 3.8) is 0 Å². The molecule has 0 radical (unpaired) electrons. The lowest BCUT2D eigenvalue weighted by Gasteiger charge is -2.06. The number of para-hydroxylation sites is 1. The highest BCUT2D eigenvalue weighted by Gasteiger charge is 2.30. The van der Waals surface area contributed by atoms with Gasteiger partial charge in [0.05, 0.1) is 23.7 Å². The summed E-state index contributed by atoms with van der Waals surface area (Å²) in [7, 11) is 0. The van der Waals surface area contributed by atoms with Crippen LogP contribution in [0.4, 0.5) is 18.9 Å². The summed E-state index contributed by atoms with van der Waals surface area (Å²) in [5.41, 5.74) is 2.04. The Kier molecular flexibility index (Phi) is 5.41. The van der Waals surface area contributed by atoms with Gasteiger partial charge in [0, 0.05) is 5.38 Å². The van der Waals surface area contributed by atoms with Crippen LogP contribution in [0.15, 0.2) is 86.8 Å². The second-order valence-corrected chi connectivity index (χ2v) is 7.30. The average Bonchev–Trinajstić information content (AvgIpc) is 3.37. The van der Waals surface area contributed by atoms with E-state index in [1.165, 1.54) is 23.6 Å². The van der Waals surface area contributed by atoms with Crippen LogP contribution in [0.3, 0.4) is 0 Å². The SMILES string of the molecule is Cc1ccccc1N=c1scc(-c2ccco2)n1/N=C\c1cccc(C(F)(F)F)c1. The Morgan fingerprint density at radius 1 is 1.03 bits per heavy atom. The number of hydrogen-bond donors (Lipinski definition) is 0. The third-order valence-electron chi connectivity index (χ3n) is 4.33. The topological polar surface area (TPSA) is 42.8 Å². The molecule has 30 heavy (non-hydrogen) atoms. The van der Waals surface area contributed by atoms with E-state index in [2.05, 4.69) is 10.1 Å². The molecule has 0 aliphatic carbocycles. The second kappa shape index (κ2) is 8.16. The van der Waals surface area contributed by atoms with Crippen LogP contribution in [-0.2, 0) is 6.18 Å². The highest BCUT2D eigenvalue weighted by molar-refractivity contribution is 7.07. The molecular weight excluding hydrogens is 411 g/mol. The smallest absolute Gasteiger partial charge is 0.416 e. The van der Waals surface area contributed by atoms with Crippen LogP contribution in [-0.4, -0.2) is 10.9 Å². The minimum absolute atomic E-state index is 0.329. The van der Waals surface area contributed by atoms with E-state index in [0.29, 0.717) is 21.8 Å². The Morgan fingerprint density at radius 2 is 1.87 bits per heavy atom. The number of benzene rings is 2.